The van der Waals surface area contributed by atoms with Gasteiger partial charge < -0.3 is 19.9 Å². The number of aromatic nitrogens is 2. The van der Waals surface area contributed by atoms with Gasteiger partial charge in [0.1, 0.15) is 17.1 Å². The van der Waals surface area contributed by atoms with Crippen LogP contribution in [0.5, 0.6) is 0 Å². The molecule has 0 aliphatic rings. The maximum absolute atomic E-state index is 13.8. The SMILES string of the molecule is CC(C)(C)OC(=O)N(CCCNC(=O)c1cc2c(F)cccc2[nH]1)Cc1cccnc1. The second kappa shape index (κ2) is 9.59. The van der Waals surface area contributed by atoms with Crippen LogP contribution < -0.4 is 5.32 Å². The van der Waals surface area contributed by atoms with Crippen molar-refractivity contribution >= 4 is 22.9 Å². The van der Waals surface area contributed by atoms with Gasteiger partial charge in [0.15, 0.2) is 0 Å². The third-order valence-corrected chi connectivity index (χ3v) is 4.49. The number of nitrogens with one attached hydrogen (secondary N) is 2. The van der Waals surface area contributed by atoms with E-state index in [0.717, 1.165) is 5.56 Å². The lowest BCUT2D eigenvalue weighted by atomic mass is 10.2. The quantitative estimate of drug-likeness (QED) is 0.553. The van der Waals surface area contributed by atoms with Gasteiger partial charge in [0.2, 0.25) is 0 Å². The fourth-order valence-electron chi connectivity index (χ4n) is 3.08. The highest BCUT2D eigenvalue weighted by molar-refractivity contribution is 5.98. The third kappa shape index (κ3) is 6.28. The molecule has 3 aromatic rings. The first-order valence-corrected chi connectivity index (χ1v) is 10.2. The average Bonchev–Trinajstić information content (AvgIpc) is 3.15. The molecule has 2 heterocycles. The molecular weight excluding hydrogens is 399 g/mol. The highest BCUT2D eigenvalue weighted by atomic mass is 19.1. The van der Waals surface area contributed by atoms with Crippen LogP contribution in [0.4, 0.5) is 9.18 Å². The maximum atomic E-state index is 13.8. The standard InChI is InChI=1S/C23H27FN4O3/c1-23(2,3)31-22(30)28(15-16-7-5-10-25-14-16)12-6-11-26-21(29)20-13-17-18(24)8-4-9-19(17)27-20/h4-5,7-10,13-14,27H,6,11-12,15H2,1-3H3,(H,26,29). The lowest BCUT2D eigenvalue weighted by molar-refractivity contribution is 0.0232. The Morgan fingerprint density at radius 1 is 1.23 bits per heavy atom. The molecule has 0 spiro atoms. The van der Waals surface area contributed by atoms with Gasteiger partial charge in [-0.15, -0.1) is 0 Å². The molecule has 2 amide bonds. The number of nitrogens with zero attached hydrogens (tertiary/aromatic N) is 2. The first-order valence-electron chi connectivity index (χ1n) is 10.2. The summed E-state index contributed by atoms with van der Waals surface area (Å²) >= 11 is 0. The summed E-state index contributed by atoms with van der Waals surface area (Å²) in [7, 11) is 0. The number of hydrogen-bond acceptors (Lipinski definition) is 4. The number of amides is 2. The van der Waals surface area contributed by atoms with Crippen LogP contribution >= 0.6 is 0 Å². The number of carbonyl (C=O) groups excluding carboxylic acids is 2. The van der Waals surface area contributed by atoms with Gasteiger partial charge >= 0.3 is 6.09 Å². The van der Waals surface area contributed by atoms with Crippen LogP contribution in [0.3, 0.4) is 0 Å². The minimum absolute atomic E-state index is 0.291. The van der Waals surface area contributed by atoms with E-state index in [4.69, 9.17) is 4.74 Å². The van der Waals surface area contributed by atoms with Crippen molar-refractivity contribution in [1.82, 2.24) is 20.2 Å². The summed E-state index contributed by atoms with van der Waals surface area (Å²) in [6, 6.07) is 9.85. The number of benzene rings is 1. The van der Waals surface area contributed by atoms with E-state index in [0.29, 0.717) is 42.7 Å². The van der Waals surface area contributed by atoms with Crippen molar-refractivity contribution in [3.8, 4) is 0 Å². The zero-order chi connectivity index (χ0) is 22.4. The van der Waals surface area contributed by atoms with Crippen LogP contribution in [0.25, 0.3) is 10.9 Å². The van der Waals surface area contributed by atoms with E-state index < -0.39 is 11.7 Å². The molecule has 31 heavy (non-hydrogen) atoms. The first kappa shape index (κ1) is 22.3. The van der Waals surface area contributed by atoms with Crippen molar-refractivity contribution < 1.29 is 18.7 Å². The molecule has 2 N–H and O–H groups in total. The highest BCUT2D eigenvalue weighted by Crippen LogP contribution is 2.18. The van der Waals surface area contributed by atoms with E-state index in [9.17, 15) is 14.0 Å². The number of fused-ring (bicyclic) bond motifs is 1. The Labute approximate surface area is 180 Å². The molecular formula is C23H27FN4O3. The number of ether oxygens (including phenoxy) is 1. The van der Waals surface area contributed by atoms with E-state index in [1.54, 1.807) is 29.4 Å². The van der Waals surface area contributed by atoms with E-state index in [2.05, 4.69) is 15.3 Å². The van der Waals surface area contributed by atoms with Gasteiger partial charge in [0.05, 0.1) is 6.54 Å². The number of H-pyrrole nitrogens is 1. The fraction of sp³-hybridized carbons (Fsp3) is 0.348. The van der Waals surface area contributed by atoms with E-state index >= 15 is 0 Å². The van der Waals surface area contributed by atoms with Gasteiger partial charge in [-0.2, -0.15) is 0 Å². The topological polar surface area (TPSA) is 87.3 Å². The van der Waals surface area contributed by atoms with Gasteiger partial charge in [-0.1, -0.05) is 12.1 Å². The maximum Gasteiger partial charge on any atom is 0.410 e. The summed E-state index contributed by atoms with van der Waals surface area (Å²) in [4.78, 5) is 33.6. The fourth-order valence-corrected chi connectivity index (χ4v) is 3.08. The Morgan fingerprint density at radius 2 is 2.03 bits per heavy atom. The molecule has 7 nitrogen and oxygen atoms in total. The summed E-state index contributed by atoms with van der Waals surface area (Å²) in [6.07, 6.45) is 3.48. The molecule has 0 aliphatic carbocycles. The van der Waals surface area contributed by atoms with E-state index in [1.807, 2.05) is 32.9 Å². The Kier molecular flexibility index (Phi) is 6.89. The second-order valence-corrected chi connectivity index (χ2v) is 8.26. The van der Waals surface area contributed by atoms with Crippen molar-refractivity contribution in [2.75, 3.05) is 13.1 Å². The zero-order valence-corrected chi connectivity index (χ0v) is 17.9. The molecule has 0 unspecified atom stereocenters. The summed E-state index contributed by atoms with van der Waals surface area (Å²) in [5.74, 6) is -0.706. The van der Waals surface area contributed by atoms with Crippen molar-refractivity contribution in [3.05, 3.63) is 65.9 Å². The Bertz CT molecular complexity index is 1040. The summed E-state index contributed by atoms with van der Waals surface area (Å²) in [5, 5.41) is 3.18. The van der Waals surface area contributed by atoms with Crippen LogP contribution in [0.1, 0.15) is 43.2 Å². The van der Waals surface area contributed by atoms with E-state index in [1.165, 1.54) is 12.1 Å². The normalized spacial score (nSPS) is 11.4. The number of rotatable bonds is 7. The highest BCUT2D eigenvalue weighted by Gasteiger charge is 2.22. The molecule has 0 bridgehead atoms. The Balaban J connectivity index is 1.56. The molecule has 0 saturated carbocycles. The molecule has 0 saturated heterocycles. The summed E-state index contributed by atoms with van der Waals surface area (Å²) in [5.41, 5.74) is 1.14. The van der Waals surface area contributed by atoms with Gasteiger partial charge in [-0.25, -0.2) is 9.18 Å². The molecule has 0 fully saturated rings. The molecule has 0 radical (unpaired) electrons. The molecule has 164 valence electrons. The van der Waals surface area contributed by atoms with Gasteiger partial charge in [-0.05, 0) is 57.0 Å². The Morgan fingerprint density at radius 3 is 2.71 bits per heavy atom. The molecule has 0 atom stereocenters. The number of aromatic amines is 1. The smallest absolute Gasteiger partial charge is 0.410 e. The second-order valence-electron chi connectivity index (χ2n) is 8.26. The minimum Gasteiger partial charge on any atom is -0.444 e. The number of hydrogen-bond donors (Lipinski definition) is 2. The van der Waals surface area contributed by atoms with Crippen LogP contribution in [-0.4, -0.2) is 45.6 Å². The number of carbonyl (C=O) groups is 2. The molecule has 0 aliphatic heterocycles. The third-order valence-electron chi connectivity index (χ3n) is 4.49. The monoisotopic (exact) mass is 426 g/mol. The van der Waals surface area contributed by atoms with Crippen LogP contribution in [0.15, 0.2) is 48.8 Å². The van der Waals surface area contributed by atoms with Gasteiger partial charge in [-0.3, -0.25) is 9.78 Å². The first-order chi connectivity index (χ1) is 14.7. The molecule has 1 aromatic carbocycles. The number of pyridine rings is 1. The van der Waals surface area contributed by atoms with Crippen LogP contribution in [-0.2, 0) is 11.3 Å². The van der Waals surface area contributed by atoms with E-state index in [-0.39, 0.29) is 11.7 Å². The number of halogens is 1. The van der Waals surface area contributed by atoms with Crippen LogP contribution in [0.2, 0.25) is 0 Å². The minimum atomic E-state index is -0.608. The largest absolute Gasteiger partial charge is 0.444 e. The molecule has 2 aromatic heterocycles. The van der Waals surface area contributed by atoms with Crippen molar-refractivity contribution in [2.45, 2.75) is 39.3 Å². The van der Waals surface area contributed by atoms with Crippen LogP contribution in [0, 0.1) is 5.82 Å². The van der Waals surface area contributed by atoms with Gasteiger partial charge in [0, 0.05) is 36.4 Å². The lowest BCUT2D eigenvalue weighted by Crippen LogP contribution is -2.38. The van der Waals surface area contributed by atoms with Gasteiger partial charge in [0.25, 0.3) is 5.91 Å². The average molecular weight is 426 g/mol. The lowest BCUT2D eigenvalue weighted by Gasteiger charge is -2.27. The summed E-state index contributed by atoms with van der Waals surface area (Å²) < 4.78 is 19.3. The molecule has 3 rings (SSSR count). The Hall–Kier alpha value is -3.42. The van der Waals surface area contributed by atoms with Crippen molar-refractivity contribution in [1.29, 1.82) is 0 Å². The predicted octanol–water partition coefficient (Wildman–Crippen LogP) is 4.26. The predicted molar refractivity (Wildman–Crippen MR) is 116 cm³/mol. The zero-order valence-electron chi connectivity index (χ0n) is 17.9. The van der Waals surface area contributed by atoms with Crippen molar-refractivity contribution in [2.24, 2.45) is 0 Å². The molecule has 8 heteroatoms. The summed E-state index contributed by atoms with van der Waals surface area (Å²) in [6.45, 7) is 6.55. The van der Waals surface area contributed by atoms with Crippen molar-refractivity contribution in [3.63, 3.8) is 0 Å².